The molecule has 0 aliphatic carbocycles. The van der Waals surface area contributed by atoms with Gasteiger partial charge < -0.3 is 24.8 Å². The highest BCUT2D eigenvalue weighted by atomic mass is 35.5. The molecule has 2 aliphatic rings. The molecule has 2 amide bonds. The third-order valence-corrected chi connectivity index (χ3v) is 5.62. The predicted molar refractivity (Wildman–Crippen MR) is 113 cm³/mol. The lowest BCUT2D eigenvalue weighted by molar-refractivity contribution is -0.188. The number of pyridine rings is 1. The molecular formula is C22H24ClN3O5. The van der Waals surface area contributed by atoms with Crippen LogP contribution in [-0.2, 0) is 14.2 Å². The summed E-state index contributed by atoms with van der Waals surface area (Å²) in [5.41, 5.74) is 0.0445. The van der Waals surface area contributed by atoms with Crippen molar-refractivity contribution >= 4 is 23.4 Å². The Morgan fingerprint density at radius 2 is 1.94 bits per heavy atom. The van der Waals surface area contributed by atoms with Crippen molar-refractivity contribution in [3.63, 3.8) is 0 Å². The van der Waals surface area contributed by atoms with Gasteiger partial charge in [-0.1, -0.05) is 29.8 Å². The van der Waals surface area contributed by atoms with E-state index in [1.165, 1.54) is 12.4 Å². The van der Waals surface area contributed by atoms with Crippen molar-refractivity contribution in [2.24, 2.45) is 0 Å². The first-order valence-corrected chi connectivity index (χ1v) is 10.4. The zero-order valence-electron chi connectivity index (χ0n) is 17.3. The van der Waals surface area contributed by atoms with E-state index in [0.717, 1.165) is 0 Å². The minimum atomic E-state index is -0.850. The highest BCUT2D eigenvalue weighted by molar-refractivity contribution is 6.33. The number of amides is 2. The normalized spacial score (nSPS) is 26.3. The summed E-state index contributed by atoms with van der Waals surface area (Å²) in [5, 5.41) is 6.02. The van der Waals surface area contributed by atoms with Gasteiger partial charge in [-0.2, -0.15) is 0 Å². The van der Waals surface area contributed by atoms with Gasteiger partial charge in [0.15, 0.2) is 5.79 Å². The third kappa shape index (κ3) is 4.57. The van der Waals surface area contributed by atoms with Crippen molar-refractivity contribution in [2.45, 2.75) is 37.4 Å². The molecule has 9 heteroatoms. The highest BCUT2D eigenvalue weighted by Gasteiger charge is 2.61. The van der Waals surface area contributed by atoms with E-state index in [1.54, 1.807) is 30.3 Å². The topological polar surface area (TPSA) is 98.8 Å². The first-order valence-electron chi connectivity index (χ1n) is 10.0. The van der Waals surface area contributed by atoms with Gasteiger partial charge in [-0.15, -0.1) is 0 Å². The van der Waals surface area contributed by atoms with Crippen LogP contribution in [0.4, 0.5) is 0 Å². The summed E-state index contributed by atoms with van der Waals surface area (Å²) < 4.78 is 18.2. The van der Waals surface area contributed by atoms with Gasteiger partial charge in [0, 0.05) is 24.5 Å². The molecule has 0 bridgehead atoms. The number of benzene rings is 1. The number of halogens is 1. The minimum Gasteiger partial charge on any atom is -0.370 e. The van der Waals surface area contributed by atoms with E-state index in [9.17, 15) is 9.59 Å². The van der Waals surface area contributed by atoms with Gasteiger partial charge in [-0.05, 0) is 32.0 Å². The Morgan fingerprint density at radius 1 is 1.16 bits per heavy atom. The summed E-state index contributed by atoms with van der Waals surface area (Å²) in [6, 6.07) is 10.5. The van der Waals surface area contributed by atoms with Crippen molar-refractivity contribution in [2.75, 3.05) is 19.7 Å². The number of fused-ring (bicyclic) bond motifs is 1. The zero-order valence-corrected chi connectivity index (χ0v) is 18.0. The van der Waals surface area contributed by atoms with Crippen LogP contribution in [0.25, 0.3) is 0 Å². The number of aromatic nitrogens is 1. The molecule has 2 fully saturated rings. The van der Waals surface area contributed by atoms with Crippen molar-refractivity contribution in [1.29, 1.82) is 0 Å². The quantitative estimate of drug-likeness (QED) is 0.707. The summed E-state index contributed by atoms with van der Waals surface area (Å²) >= 11 is 6.05. The van der Waals surface area contributed by atoms with Gasteiger partial charge >= 0.3 is 0 Å². The molecule has 0 unspecified atom stereocenters. The molecule has 4 rings (SSSR count). The van der Waals surface area contributed by atoms with E-state index in [2.05, 4.69) is 15.6 Å². The Hall–Kier alpha value is -2.52. The molecule has 0 radical (unpaired) electrons. The van der Waals surface area contributed by atoms with E-state index < -0.39 is 23.6 Å². The van der Waals surface area contributed by atoms with E-state index >= 15 is 0 Å². The lowest BCUT2D eigenvalue weighted by Gasteiger charge is -2.27. The maximum atomic E-state index is 12.5. The van der Waals surface area contributed by atoms with Crippen LogP contribution in [0, 0.1) is 0 Å². The number of nitrogens with one attached hydrogen (secondary N) is 2. The third-order valence-electron chi connectivity index (χ3n) is 5.32. The molecule has 31 heavy (non-hydrogen) atoms. The van der Waals surface area contributed by atoms with E-state index in [-0.39, 0.29) is 36.5 Å². The lowest BCUT2D eigenvalue weighted by atomic mass is 9.96. The first-order chi connectivity index (χ1) is 14.8. The van der Waals surface area contributed by atoms with Gasteiger partial charge in [0.25, 0.3) is 11.8 Å². The molecular weight excluding hydrogens is 422 g/mol. The Balaban J connectivity index is 1.42. The fourth-order valence-corrected chi connectivity index (χ4v) is 4.17. The maximum absolute atomic E-state index is 12.5. The molecule has 3 heterocycles. The largest absolute Gasteiger partial charge is 0.370 e. The first kappa shape index (κ1) is 21.7. The second kappa shape index (κ2) is 8.55. The number of hydrogen-bond acceptors (Lipinski definition) is 6. The highest BCUT2D eigenvalue weighted by Crippen LogP contribution is 2.43. The lowest BCUT2D eigenvalue weighted by Crippen LogP contribution is -2.52. The molecule has 2 aromatic rings. The summed E-state index contributed by atoms with van der Waals surface area (Å²) in [4.78, 5) is 28.9. The molecule has 164 valence electrons. The molecule has 0 spiro atoms. The zero-order chi connectivity index (χ0) is 22.1. The number of rotatable bonds is 6. The molecule has 1 aromatic carbocycles. The Kier molecular flexibility index (Phi) is 5.98. The van der Waals surface area contributed by atoms with Crippen LogP contribution < -0.4 is 10.6 Å². The summed E-state index contributed by atoms with van der Waals surface area (Å²) in [6.45, 7) is 4.29. The monoisotopic (exact) mass is 445 g/mol. The second-order valence-electron chi connectivity index (χ2n) is 8.07. The molecule has 2 saturated heterocycles. The van der Waals surface area contributed by atoms with Crippen molar-refractivity contribution in [3.05, 3.63) is 64.9 Å². The Morgan fingerprint density at radius 3 is 2.68 bits per heavy atom. The van der Waals surface area contributed by atoms with Gasteiger partial charge in [-0.25, -0.2) is 0 Å². The predicted octanol–water partition coefficient (Wildman–Crippen LogP) is 2.18. The number of nitrogens with zero attached hydrogens (tertiary/aromatic N) is 1. The average molecular weight is 446 g/mol. The molecule has 2 aliphatic heterocycles. The maximum Gasteiger partial charge on any atom is 0.253 e. The van der Waals surface area contributed by atoms with Crippen LogP contribution in [-0.4, -0.2) is 60.1 Å². The fourth-order valence-electron chi connectivity index (χ4n) is 3.97. The van der Waals surface area contributed by atoms with Gasteiger partial charge in [-0.3, -0.25) is 14.6 Å². The minimum absolute atomic E-state index is 0.203. The number of ether oxygens (including phenoxy) is 3. The smallest absolute Gasteiger partial charge is 0.253 e. The molecule has 3 atom stereocenters. The fraction of sp³-hybridized carbons (Fsp3) is 0.409. The van der Waals surface area contributed by atoms with Crippen LogP contribution in [0.1, 0.15) is 34.6 Å². The second-order valence-corrected chi connectivity index (χ2v) is 8.48. The van der Waals surface area contributed by atoms with Gasteiger partial charge in [0.05, 0.1) is 23.7 Å². The van der Waals surface area contributed by atoms with Crippen molar-refractivity contribution < 1.29 is 23.8 Å². The van der Waals surface area contributed by atoms with Gasteiger partial charge in [0.1, 0.15) is 17.8 Å². The standard InChI is InChI=1S/C22H24ClN3O5/c1-21(2)30-18-17(11-25-20(28)15-8-9-24-10-16(15)23)29-13-22(18,31-21)12-26-19(27)14-6-4-3-5-7-14/h3-10,17-18H,11-13H2,1-2H3,(H,25,28)(H,26,27)/t17-,18-,22+/m1/s1. The number of carbonyl (C=O) groups is 2. The van der Waals surface area contributed by atoms with E-state index in [0.29, 0.717) is 11.1 Å². The van der Waals surface area contributed by atoms with Crippen LogP contribution >= 0.6 is 11.6 Å². The van der Waals surface area contributed by atoms with Crippen molar-refractivity contribution in [1.82, 2.24) is 15.6 Å². The van der Waals surface area contributed by atoms with Crippen LogP contribution in [0.5, 0.6) is 0 Å². The average Bonchev–Trinajstić information content (AvgIpc) is 3.21. The van der Waals surface area contributed by atoms with E-state index in [4.69, 9.17) is 25.8 Å². The van der Waals surface area contributed by atoms with Crippen LogP contribution in [0.15, 0.2) is 48.8 Å². The molecule has 8 nitrogen and oxygen atoms in total. The Labute approximate surface area is 185 Å². The van der Waals surface area contributed by atoms with Crippen LogP contribution in [0.3, 0.4) is 0 Å². The summed E-state index contributed by atoms with van der Waals surface area (Å²) in [5.74, 6) is -1.38. The molecule has 0 saturated carbocycles. The van der Waals surface area contributed by atoms with Gasteiger partial charge in [0.2, 0.25) is 0 Å². The summed E-state index contributed by atoms with van der Waals surface area (Å²) in [6.07, 6.45) is 2.01. The number of hydrogen-bond donors (Lipinski definition) is 2. The summed E-state index contributed by atoms with van der Waals surface area (Å²) in [7, 11) is 0. The number of carbonyl (C=O) groups excluding carboxylic acids is 2. The SMILES string of the molecule is CC1(C)O[C@@H]2[C@@H](CNC(=O)c3ccncc3Cl)OC[C@]2(CNC(=O)c2ccccc2)O1. The molecule has 1 aromatic heterocycles. The van der Waals surface area contributed by atoms with E-state index in [1.807, 2.05) is 19.9 Å². The van der Waals surface area contributed by atoms with Crippen LogP contribution in [0.2, 0.25) is 5.02 Å². The molecule has 2 N–H and O–H groups in total. The van der Waals surface area contributed by atoms with Crippen molar-refractivity contribution in [3.8, 4) is 0 Å². The Bertz CT molecular complexity index is 971.